The number of carbonyl (C=O) groups excluding carboxylic acids is 1. The van der Waals surface area contributed by atoms with Crippen LogP contribution < -0.4 is 0 Å². The molecule has 5 heteroatoms. The fourth-order valence-electron chi connectivity index (χ4n) is 6.06. The number of hydrogen-bond donors (Lipinski definition) is 0. The molecule has 0 unspecified atom stereocenters. The van der Waals surface area contributed by atoms with Crippen LogP contribution in [-0.4, -0.2) is 38.7 Å². The van der Waals surface area contributed by atoms with Crippen molar-refractivity contribution in [1.29, 1.82) is 0 Å². The molecule has 0 aromatic heterocycles. The average Bonchev–Trinajstić information content (AvgIpc) is 3.11. The average molecular weight is 367 g/mol. The highest BCUT2D eigenvalue weighted by molar-refractivity contribution is 6.77. The summed E-state index contributed by atoms with van der Waals surface area (Å²) in [4.78, 5) is 12.9. The minimum atomic E-state index is -2.18. The van der Waals surface area contributed by atoms with Crippen LogP contribution in [0, 0.1) is 11.8 Å². The molecule has 3 aliphatic rings. The van der Waals surface area contributed by atoms with Gasteiger partial charge in [0.2, 0.25) is 8.32 Å². The Balaban J connectivity index is 2.05. The molecule has 5 atom stereocenters. The number of Topliss-reactive ketones (excluding diaryl/α,β-unsaturated/α-hetero) is 1. The first-order chi connectivity index (χ1) is 11.5. The van der Waals surface area contributed by atoms with Gasteiger partial charge in [-0.15, -0.1) is 0 Å². The molecule has 2 aliphatic heterocycles. The summed E-state index contributed by atoms with van der Waals surface area (Å²) in [7, 11) is -0.486. The minimum absolute atomic E-state index is 0.0492. The van der Waals surface area contributed by atoms with Gasteiger partial charge in [-0.1, -0.05) is 47.6 Å². The molecule has 0 spiro atoms. The predicted octanol–water partition coefficient (Wildman–Crippen LogP) is 4.45. The summed E-state index contributed by atoms with van der Waals surface area (Å²) in [5, 5.41) is 0. The molecule has 142 valence electrons. The van der Waals surface area contributed by atoms with E-state index in [4.69, 9.17) is 13.9 Å². The fraction of sp³-hybridized carbons (Fsp3) is 0.850. The van der Waals surface area contributed by atoms with Crippen molar-refractivity contribution < 1.29 is 18.7 Å². The van der Waals surface area contributed by atoms with Gasteiger partial charge in [0.05, 0.1) is 17.6 Å². The van der Waals surface area contributed by atoms with Crippen LogP contribution in [0.1, 0.15) is 54.9 Å². The van der Waals surface area contributed by atoms with Gasteiger partial charge in [0.1, 0.15) is 5.78 Å². The molecule has 2 fully saturated rings. The summed E-state index contributed by atoms with van der Waals surface area (Å²) in [6.45, 7) is 15.7. The van der Waals surface area contributed by atoms with Crippen molar-refractivity contribution in [2.45, 2.75) is 89.0 Å². The van der Waals surface area contributed by atoms with Crippen molar-refractivity contribution in [2.24, 2.45) is 11.8 Å². The molecule has 0 N–H and O–H groups in total. The summed E-state index contributed by atoms with van der Waals surface area (Å²) in [6, 6.07) is 0. The number of ether oxygens (including phenoxy) is 2. The fourth-order valence-corrected chi connectivity index (χ4v) is 11.6. The lowest BCUT2D eigenvalue weighted by Gasteiger charge is -2.47. The van der Waals surface area contributed by atoms with Crippen LogP contribution in [-0.2, 0) is 18.7 Å². The Bertz CT molecular complexity index is 562. The number of methoxy groups -OCH3 is 1. The Hall–Kier alpha value is -0.493. The highest BCUT2D eigenvalue weighted by Gasteiger charge is 2.72. The SMILES string of the molecule is CO[C@@H]1CC(=O)[C@@H]2[C@H]1[C@@]1(C)C=C[C@]2(O[Si](C(C)C)(C(C)C)C(C)C)O1. The van der Waals surface area contributed by atoms with Crippen LogP contribution in [0.25, 0.3) is 0 Å². The van der Waals surface area contributed by atoms with Crippen molar-refractivity contribution >= 4 is 14.1 Å². The molecule has 25 heavy (non-hydrogen) atoms. The summed E-state index contributed by atoms with van der Waals surface area (Å²) in [6.07, 6.45) is 4.54. The molecule has 1 aliphatic carbocycles. The van der Waals surface area contributed by atoms with Gasteiger partial charge in [0, 0.05) is 19.4 Å². The van der Waals surface area contributed by atoms with Crippen molar-refractivity contribution in [3.63, 3.8) is 0 Å². The molecule has 0 radical (unpaired) electrons. The molecule has 2 bridgehead atoms. The quantitative estimate of drug-likeness (QED) is 0.514. The van der Waals surface area contributed by atoms with E-state index in [1.807, 2.05) is 6.08 Å². The highest BCUT2D eigenvalue weighted by atomic mass is 28.4. The Morgan fingerprint density at radius 2 is 1.68 bits per heavy atom. The van der Waals surface area contributed by atoms with Crippen LogP contribution in [0.3, 0.4) is 0 Å². The van der Waals surface area contributed by atoms with E-state index in [2.05, 4.69) is 54.5 Å². The van der Waals surface area contributed by atoms with Gasteiger partial charge in [0.15, 0.2) is 5.79 Å². The second kappa shape index (κ2) is 6.01. The normalized spacial score (nSPS) is 40.1. The zero-order valence-electron chi connectivity index (χ0n) is 17.0. The molecule has 4 nitrogen and oxygen atoms in total. The lowest BCUT2D eigenvalue weighted by Crippen LogP contribution is -2.56. The van der Waals surface area contributed by atoms with E-state index in [0.717, 1.165) is 0 Å². The minimum Gasteiger partial charge on any atom is -0.386 e. The lowest BCUT2D eigenvalue weighted by molar-refractivity contribution is -0.173. The van der Waals surface area contributed by atoms with Gasteiger partial charge in [-0.3, -0.25) is 4.79 Å². The first-order valence-corrected chi connectivity index (χ1v) is 11.8. The van der Waals surface area contributed by atoms with Gasteiger partial charge >= 0.3 is 0 Å². The number of carbonyl (C=O) groups is 1. The van der Waals surface area contributed by atoms with E-state index in [-0.39, 0.29) is 23.7 Å². The first kappa shape index (κ1) is 19.3. The van der Waals surface area contributed by atoms with E-state index >= 15 is 0 Å². The molecule has 0 amide bonds. The molecule has 1 saturated heterocycles. The molecular formula is C20H34O4Si. The maximum absolute atomic E-state index is 12.9. The topological polar surface area (TPSA) is 44.8 Å². The summed E-state index contributed by atoms with van der Waals surface area (Å²) < 4.78 is 19.2. The highest BCUT2D eigenvalue weighted by Crippen LogP contribution is 2.61. The van der Waals surface area contributed by atoms with Gasteiger partial charge in [-0.25, -0.2) is 0 Å². The summed E-state index contributed by atoms with van der Waals surface area (Å²) >= 11 is 0. The number of fused-ring (bicyclic) bond motifs is 5. The second-order valence-electron chi connectivity index (χ2n) is 9.21. The third-order valence-electron chi connectivity index (χ3n) is 6.98. The van der Waals surface area contributed by atoms with Crippen LogP contribution in [0.15, 0.2) is 12.2 Å². The molecule has 0 aromatic carbocycles. The Labute approximate surface area is 153 Å². The van der Waals surface area contributed by atoms with E-state index in [9.17, 15) is 4.79 Å². The van der Waals surface area contributed by atoms with E-state index in [1.54, 1.807) is 7.11 Å². The summed E-state index contributed by atoms with van der Waals surface area (Å²) in [5.74, 6) is -0.859. The molecular weight excluding hydrogens is 332 g/mol. The van der Waals surface area contributed by atoms with Gasteiger partial charge in [-0.2, -0.15) is 0 Å². The maximum atomic E-state index is 12.9. The van der Waals surface area contributed by atoms with Crippen LogP contribution in [0.4, 0.5) is 0 Å². The molecule has 1 saturated carbocycles. The van der Waals surface area contributed by atoms with Crippen LogP contribution >= 0.6 is 0 Å². The second-order valence-corrected chi connectivity index (χ2v) is 14.6. The molecule has 2 heterocycles. The number of ketones is 1. The Morgan fingerprint density at radius 1 is 1.12 bits per heavy atom. The Kier molecular flexibility index (Phi) is 4.63. The molecule has 0 aromatic rings. The van der Waals surface area contributed by atoms with Gasteiger partial charge in [0.25, 0.3) is 0 Å². The maximum Gasteiger partial charge on any atom is 0.204 e. The largest absolute Gasteiger partial charge is 0.386 e. The van der Waals surface area contributed by atoms with E-state index in [0.29, 0.717) is 23.0 Å². The van der Waals surface area contributed by atoms with Gasteiger partial charge < -0.3 is 13.9 Å². The third kappa shape index (κ3) is 2.46. The third-order valence-corrected chi connectivity index (χ3v) is 13.1. The lowest BCUT2D eigenvalue weighted by atomic mass is 9.76. The van der Waals surface area contributed by atoms with Crippen molar-refractivity contribution in [3.8, 4) is 0 Å². The van der Waals surface area contributed by atoms with Crippen LogP contribution in [0.5, 0.6) is 0 Å². The zero-order valence-corrected chi connectivity index (χ0v) is 18.0. The Morgan fingerprint density at radius 3 is 2.16 bits per heavy atom. The number of hydrogen-bond acceptors (Lipinski definition) is 4. The van der Waals surface area contributed by atoms with Crippen molar-refractivity contribution in [3.05, 3.63) is 12.2 Å². The van der Waals surface area contributed by atoms with Crippen molar-refractivity contribution in [1.82, 2.24) is 0 Å². The molecule has 3 rings (SSSR count). The van der Waals surface area contributed by atoms with E-state index in [1.165, 1.54) is 0 Å². The summed E-state index contributed by atoms with van der Waals surface area (Å²) in [5.41, 5.74) is 0.862. The smallest absolute Gasteiger partial charge is 0.204 e. The van der Waals surface area contributed by atoms with Gasteiger partial charge in [-0.05, 0) is 29.6 Å². The van der Waals surface area contributed by atoms with E-state index < -0.39 is 19.7 Å². The first-order valence-electron chi connectivity index (χ1n) is 9.70. The number of rotatable bonds is 6. The zero-order chi connectivity index (χ0) is 18.8. The van der Waals surface area contributed by atoms with Crippen molar-refractivity contribution in [2.75, 3.05) is 7.11 Å². The van der Waals surface area contributed by atoms with Crippen LogP contribution in [0.2, 0.25) is 16.6 Å². The standard InChI is InChI=1S/C20H34O4Si/c1-12(2)25(13(3)4,14(5)6)24-20-10-9-19(7,23-20)18-16(22-8)11-15(21)17(18)20/h9-10,12-14,16-18H,11H2,1-8H3/t16-,17-,18+,19-,20-/m1/s1. The predicted molar refractivity (Wildman–Crippen MR) is 101 cm³/mol. The monoisotopic (exact) mass is 366 g/mol.